The summed E-state index contributed by atoms with van der Waals surface area (Å²) in [4.78, 5) is 27.8. The van der Waals surface area contributed by atoms with Gasteiger partial charge in [-0.3, -0.25) is 9.59 Å². The standard InChI is InChI=1S/C15H19N3O2S/c1-11(19)17-6-3-7-18(9-8-17)15(20)13-5-2-4-12(10-13)14(16)21/h2,4-5,10H,3,6-9H2,1H3,(H2,16,21). The molecule has 6 heteroatoms. The van der Waals surface area contributed by atoms with Crippen molar-refractivity contribution in [1.29, 1.82) is 0 Å². The van der Waals surface area contributed by atoms with Gasteiger partial charge in [-0.25, -0.2) is 0 Å². The summed E-state index contributed by atoms with van der Waals surface area (Å²) in [6, 6.07) is 7.05. The fraction of sp³-hybridized carbons (Fsp3) is 0.400. The number of thiocarbonyl (C=S) groups is 1. The Morgan fingerprint density at radius 1 is 1.10 bits per heavy atom. The van der Waals surface area contributed by atoms with Gasteiger partial charge in [-0.15, -0.1) is 0 Å². The van der Waals surface area contributed by atoms with Crippen LogP contribution in [0.3, 0.4) is 0 Å². The summed E-state index contributed by atoms with van der Waals surface area (Å²) in [5.41, 5.74) is 6.87. The van der Waals surface area contributed by atoms with Gasteiger partial charge in [-0.2, -0.15) is 0 Å². The number of carbonyl (C=O) groups is 2. The van der Waals surface area contributed by atoms with Crippen LogP contribution in [0.15, 0.2) is 24.3 Å². The molecule has 0 atom stereocenters. The lowest BCUT2D eigenvalue weighted by atomic mass is 10.1. The molecule has 0 aliphatic carbocycles. The summed E-state index contributed by atoms with van der Waals surface area (Å²) in [6.45, 7) is 4.04. The molecule has 1 fully saturated rings. The maximum Gasteiger partial charge on any atom is 0.253 e. The Labute approximate surface area is 129 Å². The highest BCUT2D eigenvalue weighted by Gasteiger charge is 2.21. The molecule has 112 valence electrons. The van der Waals surface area contributed by atoms with Crippen LogP contribution in [0.1, 0.15) is 29.3 Å². The molecular weight excluding hydrogens is 286 g/mol. The molecule has 5 nitrogen and oxygen atoms in total. The van der Waals surface area contributed by atoms with E-state index >= 15 is 0 Å². The third-order valence-electron chi connectivity index (χ3n) is 3.62. The Kier molecular flexibility index (Phi) is 4.90. The number of nitrogens with zero attached hydrogens (tertiary/aromatic N) is 2. The maximum atomic E-state index is 12.5. The van der Waals surface area contributed by atoms with Gasteiger partial charge in [-0.05, 0) is 18.6 Å². The third-order valence-corrected chi connectivity index (χ3v) is 3.86. The Balaban J connectivity index is 2.11. The summed E-state index contributed by atoms with van der Waals surface area (Å²) in [5, 5.41) is 0. The fourth-order valence-electron chi connectivity index (χ4n) is 2.42. The van der Waals surface area contributed by atoms with Crippen molar-refractivity contribution >= 4 is 29.0 Å². The van der Waals surface area contributed by atoms with E-state index in [2.05, 4.69) is 0 Å². The number of amides is 2. The molecule has 1 saturated heterocycles. The zero-order valence-electron chi connectivity index (χ0n) is 12.0. The molecule has 0 aromatic heterocycles. The summed E-state index contributed by atoms with van der Waals surface area (Å²) < 4.78 is 0. The smallest absolute Gasteiger partial charge is 0.253 e. The summed E-state index contributed by atoms with van der Waals surface area (Å²) in [7, 11) is 0. The van der Waals surface area contributed by atoms with Gasteiger partial charge in [-0.1, -0.05) is 24.4 Å². The minimum atomic E-state index is -0.0431. The molecule has 2 amide bonds. The zero-order chi connectivity index (χ0) is 15.4. The Morgan fingerprint density at radius 2 is 1.71 bits per heavy atom. The van der Waals surface area contributed by atoms with Gasteiger partial charge in [0, 0.05) is 44.2 Å². The van der Waals surface area contributed by atoms with E-state index in [0.29, 0.717) is 37.3 Å². The molecule has 0 radical (unpaired) electrons. The van der Waals surface area contributed by atoms with Crippen LogP contribution in [0.2, 0.25) is 0 Å². The Bertz CT molecular complexity index is 574. The van der Waals surface area contributed by atoms with Gasteiger partial charge >= 0.3 is 0 Å². The van der Waals surface area contributed by atoms with E-state index in [1.165, 1.54) is 0 Å². The second-order valence-corrected chi connectivity index (χ2v) is 5.54. The predicted molar refractivity (Wildman–Crippen MR) is 85.1 cm³/mol. The first-order chi connectivity index (χ1) is 9.99. The first-order valence-electron chi connectivity index (χ1n) is 6.93. The number of nitrogens with two attached hydrogens (primary N) is 1. The quantitative estimate of drug-likeness (QED) is 0.828. The molecule has 0 saturated carbocycles. The van der Waals surface area contributed by atoms with Crippen molar-refractivity contribution in [3.05, 3.63) is 35.4 Å². The Hall–Kier alpha value is -1.95. The lowest BCUT2D eigenvalue weighted by molar-refractivity contribution is -0.128. The molecule has 0 bridgehead atoms. The van der Waals surface area contributed by atoms with Gasteiger partial charge in [0.05, 0.1) is 0 Å². The SMILES string of the molecule is CC(=O)N1CCCN(C(=O)c2cccc(C(N)=S)c2)CC1. The van der Waals surface area contributed by atoms with Crippen molar-refractivity contribution in [3.8, 4) is 0 Å². The van der Waals surface area contributed by atoms with E-state index in [4.69, 9.17) is 18.0 Å². The highest BCUT2D eigenvalue weighted by Crippen LogP contribution is 2.11. The average Bonchev–Trinajstić information content (AvgIpc) is 2.72. The van der Waals surface area contributed by atoms with E-state index in [-0.39, 0.29) is 16.8 Å². The van der Waals surface area contributed by atoms with Crippen LogP contribution in [0.25, 0.3) is 0 Å². The number of carbonyl (C=O) groups excluding carboxylic acids is 2. The van der Waals surface area contributed by atoms with E-state index in [1.807, 2.05) is 0 Å². The van der Waals surface area contributed by atoms with Crippen molar-refractivity contribution in [2.75, 3.05) is 26.2 Å². The van der Waals surface area contributed by atoms with Crippen molar-refractivity contribution in [1.82, 2.24) is 9.80 Å². The molecule has 2 rings (SSSR count). The molecular formula is C15H19N3O2S. The van der Waals surface area contributed by atoms with Crippen molar-refractivity contribution < 1.29 is 9.59 Å². The van der Waals surface area contributed by atoms with Crippen LogP contribution in [0.4, 0.5) is 0 Å². The number of benzene rings is 1. The third kappa shape index (κ3) is 3.78. The molecule has 2 N–H and O–H groups in total. The minimum Gasteiger partial charge on any atom is -0.389 e. The van der Waals surface area contributed by atoms with Gasteiger partial charge in [0.2, 0.25) is 5.91 Å². The molecule has 0 spiro atoms. The van der Waals surface area contributed by atoms with E-state index < -0.39 is 0 Å². The molecule has 1 aromatic rings. The highest BCUT2D eigenvalue weighted by atomic mass is 32.1. The molecule has 1 aliphatic rings. The zero-order valence-corrected chi connectivity index (χ0v) is 12.9. The second kappa shape index (κ2) is 6.67. The van der Waals surface area contributed by atoms with Crippen LogP contribution < -0.4 is 5.73 Å². The highest BCUT2D eigenvalue weighted by molar-refractivity contribution is 7.80. The van der Waals surface area contributed by atoms with Gasteiger partial charge in [0.1, 0.15) is 4.99 Å². The largest absolute Gasteiger partial charge is 0.389 e. The molecule has 0 unspecified atom stereocenters. The van der Waals surface area contributed by atoms with E-state index in [1.54, 1.807) is 41.0 Å². The summed E-state index contributed by atoms with van der Waals surface area (Å²) >= 11 is 4.94. The van der Waals surface area contributed by atoms with Crippen molar-refractivity contribution in [3.63, 3.8) is 0 Å². The van der Waals surface area contributed by atoms with Gasteiger partial charge in [0.15, 0.2) is 0 Å². The van der Waals surface area contributed by atoms with E-state index in [0.717, 1.165) is 6.42 Å². The number of rotatable bonds is 2. The van der Waals surface area contributed by atoms with Crippen molar-refractivity contribution in [2.45, 2.75) is 13.3 Å². The first kappa shape index (κ1) is 15.4. The lowest BCUT2D eigenvalue weighted by Crippen LogP contribution is -2.36. The minimum absolute atomic E-state index is 0.0431. The fourth-order valence-corrected chi connectivity index (χ4v) is 2.55. The summed E-state index contributed by atoms with van der Waals surface area (Å²) in [6.07, 6.45) is 0.792. The van der Waals surface area contributed by atoms with E-state index in [9.17, 15) is 9.59 Å². The summed E-state index contributed by atoms with van der Waals surface area (Å²) in [5.74, 6) is 0.0123. The average molecular weight is 305 g/mol. The molecule has 1 aliphatic heterocycles. The van der Waals surface area contributed by atoms with Crippen molar-refractivity contribution in [2.24, 2.45) is 5.73 Å². The van der Waals surface area contributed by atoms with Gasteiger partial charge < -0.3 is 15.5 Å². The Morgan fingerprint density at radius 3 is 2.38 bits per heavy atom. The van der Waals surface area contributed by atoms with Crippen LogP contribution in [-0.2, 0) is 4.79 Å². The maximum absolute atomic E-state index is 12.5. The van der Waals surface area contributed by atoms with Crippen LogP contribution >= 0.6 is 12.2 Å². The second-order valence-electron chi connectivity index (χ2n) is 5.10. The first-order valence-corrected chi connectivity index (χ1v) is 7.34. The topological polar surface area (TPSA) is 66.6 Å². The molecule has 1 aromatic carbocycles. The monoisotopic (exact) mass is 305 g/mol. The normalized spacial score (nSPS) is 15.5. The number of hydrogen-bond donors (Lipinski definition) is 1. The predicted octanol–water partition coefficient (Wildman–Crippen LogP) is 1.02. The lowest BCUT2D eigenvalue weighted by Gasteiger charge is -2.21. The van der Waals surface area contributed by atoms with Crippen LogP contribution in [0.5, 0.6) is 0 Å². The van der Waals surface area contributed by atoms with Gasteiger partial charge in [0.25, 0.3) is 5.91 Å². The molecule has 21 heavy (non-hydrogen) atoms. The molecule has 1 heterocycles. The number of hydrogen-bond acceptors (Lipinski definition) is 3. The van der Waals surface area contributed by atoms with Crippen LogP contribution in [-0.4, -0.2) is 52.8 Å². The van der Waals surface area contributed by atoms with Crippen LogP contribution in [0, 0.1) is 0 Å².